The number of nitrogens with one attached hydrogen (secondary N) is 1. The maximum atomic E-state index is 13.2. The summed E-state index contributed by atoms with van der Waals surface area (Å²) in [6, 6.07) is 8.46. The number of hydrogen-bond acceptors (Lipinski definition) is 3. The van der Waals surface area contributed by atoms with E-state index < -0.39 is 0 Å². The van der Waals surface area contributed by atoms with Gasteiger partial charge in [0.2, 0.25) is 5.91 Å². The van der Waals surface area contributed by atoms with Crippen LogP contribution in [0, 0.1) is 11.7 Å². The molecule has 3 rings (SSSR count). The highest BCUT2D eigenvalue weighted by Gasteiger charge is 2.27. The van der Waals surface area contributed by atoms with Gasteiger partial charge in [0, 0.05) is 25.0 Å². The Kier molecular flexibility index (Phi) is 4.34. The van der Waals surface area contributed by atoms with E-state index in [0.29, 0.717) is 6.54 Å². The lowest BCUT2D eigenvalue weighted by atomic mass is 10.1. The number of halogens is 1. The van der Waals surface area contributed by atoms with E-state index in [1.165, 1.54) is 12.1 Å². The molecule has 4 nitrogen and oxygen atoms in total. The fourth-order valence-corrected chi connectivity index (χ4v) is 2.96. The summed E-state index contributed by atoms with van der Waals surface area (Å²) in [7, 11) is 0. The van der Waals surface area contributed by atoms with Crippen LogP contribution in [0.1, 0.15) is 19.0 Å². The van der Waals surface area contributed by atoms with Gasteiger partial charge in [-0.15, -0.1) is 0 Å². The van der Waals surface area contributed by atoms with E-state index in [-0.39, 0.29) is 17.6 Å². The molecule has 0 aliphatic carbocycles. The summed E-state index contributed by atoms with van der Waals surface area (Å²) in [6.07, 6.45) is 0.893. The number of benzene rings is 1. The van der Waals surface area contributed by atoms with E-state index in [2.05, 4.69) is 15.2 Å². The van der Waals surface area contributed by atoms with Gasteiger partial charge < -0.3 is 5.32 Å². The first-order valence-electron chi connectivity index (χ1n) is 7.71. The zero-order chi connectivity index (χ0) is 15.5. The van der Waals surface area contributed by atoms with Gasteiger partial charge in [-0.3, -0.25) is 14.7 Å². The molecule has 1 atom stereocenters. The largest absolute Gasteiger partial charge is 0.356 e. The zero-order valence-electron chi connectivity index (χ0n) is 12.7. The number of carbonyl (C=O) groups is 1. The van der Waals surface area contributed by atoms with Crippen molar-refractivity contribution in [3.63, 3.8) is 0 Å². The van der Waals surface area contributed by atoms with Crippen molar-refractivity contribution in [3.05, 3.63) is 41.8 Å². The van der Waals surface area contributed by atoms with Gasteiger partial charge in [-0.05, 0) is 44.2 Å². The molecule has 0 saturated carbocycles. The second-order valence-electron chi connectivity index (χ2n) is 5.75. The van der Waals surface area contributed by atoms with Crippen LogP contribution >= 0.6 is 0 Å². The first-order valence-corrected chi connectivity index (χ1v) is 7.71. The van der Waals surface area contributed by atoms with E-state index >= 15 is 0 Å². The van der Waals surface area contributed by atoms with Crippen molar-refractivity contribution in [1.29, 1.82) is 0 Å². The lowest BCUT2D eigenvalue weighted by Crippen LogP contribution is -2.32. The third kappa shape index (κ3) is 3.25. The maximum absolute atomic E-state index is 13.2. The molecule has 0 radical (unpaired) electrons. The number of aromatic nitrogens is 1. The first-order chi connectivity index (χ1) is 10.7. The van der Waals surface area contributed by atoms with Crippen LogP contribution in [0.15, 0.2) is 30.3 Å². The molecule has 1 amide bonds. The van der Waals surface area contributed by atoms with Gasteiger partial charge in [0.1, 0.15) is 5.82 Å². The zero-order valence-corrected chi connectivity index (χ0v) is 12.7. The van der Waals surface area contributed by atoms with Gasteiger partial charge in [0.15, 0.2) is 0 Å². The minimum absolute atomic E-state index is 0.0782. The Morgan fingerprint density at radius 3 is 3.09 bits per heavy atom. The number of carbonyl (C=O) groups excluding carboxylic acids is 1. The van der Waals surface area contributed by atoms with Crippen LogP contribution in [0.25, 0.3) is 10.9 Å². The van der Waals surface area contributed by atoms with E-state index in [9.17, 15) is 9.18 Å². The number of fused-ring (bicyclic) bond motifs is 1. The standard InChI is InChI=1S/C17H20FN3O/c1-2-19-17(22)13-7-8-21(10-13)11-15-5-3-12-9-14(18)4-6-16(12)20-15/h3-6,9,13H,2,7-8,10-11H2,1H3,(H,19,22). The van der Waals surface area contributed by atoms with E-state index in [4.69, 9.17) is 0 Å². The quantitative estimate of drug-likeness (QED) is 0.943. The molecule has 1 N–H and O–H groups in total. The smallest absolute Gasteiger partial charge is 0.224 e. The summed E-state index contributed by atoms with van der Waals surface area (Å²) >= 11 is 0. The molecule has 0 bridgehead atoms. The molecule has 1 fully saturated rings. The van der Waals surface area contributed by atoms with Crippen LogP contribution < -0.4 is 5.32 Å². The van der Waals surface area contributed by atoms with Crippen LogP contribution in [-0.4, -0.2) is 35.4 Å². The average Bonchev–Trinajstić information content (AvgIpc) is 2.96. The lowest BCUT2D eigenvalue weighted by molar-refractivity contribution is -0.124. The third-order valence-electron chi connectivity index (χ3n) is 4.09. The van der Waals surface area contributed by atoms with E-state index in [0.717, 1.165) is 42.7 Å². The molecular formula is C17H20FN3O. The number of amides is 1. The summed E-state index contributed by atoms with van der Waals surface area (Å²) in [6.45, 7) is 5.02. The Morgan fingerprint density at radius 2 is 2.27 bits per heavy atom. The first kappa shape index (κ1) is 14.9. The normalized spacial score (nSPS) is 18.7. The second-order valence-corrected chi connectivity index (χ2v) is 5.75. The Morgan fingerprint density at radius 1 is 1.41 bits per heavy atom. The predicted molar refractivity (Wildman–Crippen MR) is 83.8 cm³/mol. The van der Waals surface area contributed by atoms with E-state index in [1.54, 1.807) is 6.07 Å². The highest BCUT2D eigenvalue weighted by molar-refractivity contribution is 5.79. The maximum Gasteiger partial charge on any atom is 0.224 e. The van der Waals surface area contributed by atoms with Gasteiger partial charge in [-0.25, -0.2) is 4.39 Å². The van der Waals surface area contributed by atoms with Crippen LogP contribution in [0.3, 0.4) is 0 Å². The molecular weight excluding hydrogens is 281 g/mol. The summed E-state index contributed by atoms with van der Waals surface area (Å²) in [5, 5.41) is 3.70. The van der Waals surface area contributed by atoms with Crippen molar-refractivity contribution in [3.8, 4) is 0 Å². The van der Waals surface area contributed by atoms with Crippen LogP contribution in [-0.2, 0) is 11.3 Å². The van der Waals surface area contributed by atoms with Crippen molar-refractivity contribution in [1.82, 2.24) is 15.2 Å². The minimum Gasteiger partial charge on any atom is -0.356 e. The number of rotatable bonds is 4. The SMILES string of the molecule is CCNC(=O)C1CCN(Cc2ccc3cc(F)ccc3n2)C1. The van der Waals surface area contributed by atoms with Crippen molar-refractivity contribution in [2.45, 2.75) is 19.9 Å². The van der Waals surface area contributed by atoms with Gasteiger partial charge in [-0.1, -0.05) is 6.07 Å². The van der Waals surface area contributed by atoms with Gasteiger partial charge in [0.05, 0.1) is 17.1 Å². The Balaban J connectivity index is 1.66. The summed E-state index contributed by atoms with van der Waals surface area (Å²) in [5.41, 5.74) is 1.76. The topological polar surface area (TPSA) is 45.2 Å². The van der Waals surface area contributed by atoms with Crippen LogP contribution in [0.4, 0.5) is 4.39 Å². The molecule has 2 aromatic rings. The van der Waals surface area contributed by atoms with Crippen molar-refractivity contribution >= 4 is 16.8 Å². The minimum atomic E-state index is -0.244. The monoisotopic (exact) mass is 301 g/mol. The van der Waals surface area contributed by atoms with Crippen LogP contribution in [0.5, 0.6) is 0 Å². The molecule has 116 valence electrons. The van der Waals surface area contributed by atoms with Gasteiger partial charge in [-0.2, -0.15) is 0 Å². The van der Waals surface area contributed by atoms with Crippen molar-refractivity contribution in [2.24, 2.45) is 5.92 Å². The number of nitrogens with zero attached hydrogens (tertiary/aromatic N) is 2. The predicted octanol–water partition coefficient (Wildman–Crippen LogP) is 2.33. The summed E-state index contributed by atoms with van der Waals surface area (Å²) in [4.78, 5) is 18.7. The molecule has 1 aliphatic rings. The van der Waals surface area contributed by atoms with Gasteiger partial charge in [0.25, 0.3) is 0 Å². The molecule has 5 heteroatoms. The van der Waals surface area contributed by atoms with Crippen LogP contribution in [0.2, 0.25) is 0 Å². The summed E-state index contributed by atoms with van der Waals surface area (Å²) in [5.74, 6) is -0.0205. The van der Waals surface area contributed by atoms with E-state index in [1.807, 2.05) is 19.1 Å². The molecule has 1 unspecified atom stereocenters. The Bertz CT molecular complexity index is 689. The lowest BCUT2D eigenvalue weighted by Gasteiger charge is -2.15. The third-order valence-corrected chi connectivity index (χ3v) is 4.09. The fraction of sp³-hybridized carbons (Fsp3) is 0.412. The molecule has 22 heavy (non-hydrogen) atoms. The summed E-state index contributed by atoms with van der Waals surface area (Å²) < 4.78 is 13.2. The Hall–Kier alpha value is -2.01. The number of hydrogen-bond donors (Lipinski definition) is 1. The Labute approximate surface area is 129 Å². The number of likely N-dealkylation sites (tertiary alicyclic amines) is 1. The molecule has 1 aromatic carbocycles. The van der Waals surface area contributed by atoms with Crippen molar-refractivity contribution in [2.75, 3.05) is 19.6 Å². The highest BCUT2D eigenvalue weighted by atomic mass is 19.1. The number of pyridine rings is 1. The molecule has 1 aromatic heterocycles. The average molecular weight is 301 g/mol. The molecule has 0 spiro atoms. The molecule has 1 saturated heterocycles. The highest BCUT2D eigenvalue weighted by Crippen LogP contribution is 2.20. The van der Waals surface area contributed by atoms with Gasteiger partial charge >= 0.3 is 0 Å². The fourth-order valence-electron chi connectivity index (χ4n) is 2.96. The molecule has 1 aliphatic heterocycles. The second kappa shape index (κ2) is 6.40. The molecule has 2 heterocycles. The van der Waals surface area contributed by atoms with Crippen molar-refractivity contribution < 1.29 is 9.18 Å².